The van der Waals surface area contributed by atoms with Crippen LogP contribution in [0.1, 0.15) is 50.7 Å². The summed E-state index contributed by atoms with van der Waals surface area (Å²) in [4.78, 5) is 9.44. The van der Waals surface area contributed by atoms with Crippen molar-refractivity contribution in [3.63, 3.8) is 0 Å². The Morgan fingerprint density at radius 3 is 2.37 bits per heavy atom. The van der Waals surface area contributed by atoms with Gasteiger partial charge in [-0.15, -0.1) is 17.5 Å². The number of aromatic hydroxyl groups is 1. The molecule has 6 aromatic rings. The Labute approximate surface area is 236 Å². The number of fused-ring (bicyclic) bond motifs is 4. The van der Waals surface area contributed by atoms with Crippen LogP contribution in [-0.2, 0) is 21.1 Å². The number of nitrogens with zero attached hydrogens (tertiary/aromatic N) is 3. The molecule has 0 aliphatic carbocycles. The molecule has 0 radical (unpaired) electrons. The molecule has 3 aromatic carbocycles. The first-order chi connectivity index (χ1) is 17.9. The number of phenols is 1. The van der Waals surface area contributed by atoms with Gasteiger partial charge in [-0.2, -0.15) is 6.07 Å². The van der Waals surface area contributed by atoms with E-state index in [1.54, 1.807) is 6.07 Å². The zero-order valence-electron chi connectivity index (χ0n) is 21.7. The Morgan fingerprint density at radius 1 is 0.816 bits per heavy atom. The van der Waals surface area contributed by atoms with Crippen molar-refractivity contribution in [3.8, 4) is 23.2 Å². The number of rotatable bonds is 5. The van der Waals surface area contributed by atoms with Gasteiger partial charge >= 0.3 is 0 Å². The van der Waals surface area contributed by atoms with E-state index in [0.29, 0.717) is 23.1 Å². The van der Waals surface area contributed by atoms with Gasteiger partial charge in [-0.3, -0.25) is 0 Å². The summed E-state index contributed by atoms with van der Waals surface area (Å²) < 4.78 is 8.47. The van der Waals surface area contributed by atoms with Crippen LogP contribution in [-0.4, -0.2) is 19.6 Å². The van der Waals surface area contributed by atoms with Crippen molar-refractivity contribution in [3.05, 3.63) is 96.2 Å². The molecule has 0 spiro atoms. The number of para-hydroxylation sites is 2. The third-order valence-electron chi connectivity index (χ3n) is 6.87. The summed E-state index contributed by atoms with van der Waals surface area (Å²) in [5, 5.41) is 13.6. The van der Waals surface area contributed by atoms with Gasteiger partial charge in [0, 0.05) is 50.0 Å². The van der Waals surface area contributed by atoms with Crippen LogP contribution in [0.3, 0.4) is 0 Å². The Hall–Kier alpha value is -3.69. The van der Waals surface area contributed by atoms with Gasteiger partial charge in [0.2, 0.25) is 5.88 Å². The predicted octanol–water partition coefficient (Wildman–Crippen LogP) is 8.27. The van der Waals surface area contributed by atoms with E-state index in [1.165, 1.54) is 0 Å². The number of benzene rings is 3. The van der Waals surface area contributed by atoms with E-state index >= 15 is 0 Å². The number of hydrogen-bond donors (Lipinski definition) is 1. The van der Waals surface area contributed by atoms with Crippen LogP contribution in [0, 0.1) is 6.07 Å². The molecule has 0 saturated carbocycles. The number of pyridine rings is 2. The molecule has 6 heteroatoms. The van der Waals surface area contributed by atoms with Crippen molar-refractivity contribution in [1.29, 1.82) is 0 Å². The largest absolute Gasteiger partial charge is 0.506 e. The van der Waals surface area contributed by atoms with E-state index in [0.717, 1.165) is 44.1 Å². The summed E-state index contributed by atoms with van der Waals surface area (Å²) in [7, 11) is 0. The minimum absolute atomic E-state index is 0. The Morgan fingerprint density at radius 2 is 1.58 bits per heavy atom. The van der Waals surface area contributed by atoms with Crippen LogP contribution in [0.25, 0.3) is 38.5 Å². The molecule has 0 aliphatic heterocycles. The van der Waals surface area contributed by atoms with E-state index in [9.17, 15) is 5.11 Å². The molecule has 1 N–H and O–H groups in total. The van der Waals surface area contributed by atoms with Crippen molar-refractivity contribution in [1.82, 2.24) is 14.5 Å². The van der Waals surface area contributed by atoms with Crippen LogP contribution in [0.15, 0.2) is 79.0 Å². The summed E-state index contributed by atoms with van der Waals surface area (Å²) >= 11 is 0. The van der Waals surface area contributed by atoms with E-state index in [1.807, 2.05) is 42.6 Å². The molecule has 194 valence electrons. The van der Waals surface area contributed by atoms with Gasteiger partial charge in [0.1, 0.15) is 17.1 Å². The number of ether oxygens (including phenoxy) is 1. The molecule has 3 heterocycles. The van der Waals surface area contributed by atoms with Crippen LogP contribution < -0.4 is 4.74 Å². The molecule has 0 fully saturated rings. The van der Waals surface area contributed by atoms with Gasteiger partial charge in [0.25, 0.3) is 0 Å². The Kier molecular flexibility index (Phi) is 6.98. The van der Waals surface area contributed by atoms with Crippen LogP contribution in [0.4, 0.5) is 0 Å². The maximum Gasteiger partial charge on any atom is 0.217 e. The normalized spacial score (nSPS) is 11.5. The number of hydrogen-bond acceptors (Lipinski definition) is 4. The second-order valence-electron chi connectivity index (χ2n) is 9.99. The third kappa shape index (κ3) is 4.35. The SMILES string of the molecule is CC(C)c1cccnc1-n1c2[c-]c(Oc3cc(C(C)C)c4cccc(O)c4n3)ccc2c2ccccc21.[Pt]. The molecule has 0 amide bonds. The average Bonchev–Trinajstić information content (AvgIpc) is 3.22. The van der Waals surface area contributed by atoms with E-state index in [4.69, 9.17) is 9.72 Å². The maximum absolute atomic E-state index is 10.5. The zero-order valence-corrected chi connectivity index (χ0v) is 23.9. The molecule has 0 unspecified atom stereocenters. The smallest absolute Gasteiger partial charge is 0.217 e. The molecule has 3 aromatic heterocycles. The molecule has 0 bridgehead atoms. The first-order valence-electron chi connectivity index (χ1n) is 12.6. The molecular formula is C32H28N3O2Pt-. The first kappa shape index (κ1) is 25.9. The van der Waals surface area contributed by atoms with Crippen LogP contribution in [0.5, 0.6) is 17.4 Å². The molecule has 38 heavy (non-hydrogen) atoms. The quantitative estimate of drug-likeness (QED) is 0.186. The van der Waals surface area contributed by atoms with Gasteiger partial charge in [-0.25, -0.2) is 9.97 Å². The minimum Gasteiger partial charge on any atom is -0.506 e. The van der Waals surface area contributed by atoms with Gasteiger partial charge in [-0.1, -0.05) is 69.6 Å². The van der Waals surface area contributed by atoms with E-state index in [2.05, 4.69) is 73.6 Å². The van der Waals surface area contributed by atoms with Crippen molar-refractivity contribution < 1.29 is 30.9 Å². The Balaban J connectivity index is 0.00000294. The summed E-state index contributed by atoms with van der Waals surface area (Å²) in [5.74, 6) is 2.56. The molecule has 0 atom stereocenters. The van der Waals surface area contributed by atoms with Gasteiger partial charge < -0.3 is 14.4 Å². The second kappa shape index (κ2) is 10.2. The van der Waals surface area contributed by atoms with Crippen molar-refractivity contribution >= 4 is 32.7 Å². The van der Waals surface area contributed by atoms with E-state index < -0.39 is 0 Å². The molecule has 6 rings (SSSR count). The van der Waals surface area contributed by atoms with Crippen LogP contribution >= 0.6 is 0 Å². The average molecular weight is 682 g/mol. The van der Waals surface area contributed by atoms with Gasteiger partial charge in [0.15, 0.2) is 0 Å². The predicted molar refractivity (Wildman–Crippen MR) is 149 cm³/mol. The topological polar surface area (TPSA) is 60.2 Å². The maximum atomic E-state index is 10.5. The third-order valence-corrected chi connectivity index (χ3v) is 6.87. The van der Waals surface area contributed by atoms with Gasteiger partial charge in [0.05, 0.1) is 0 Å². The molecule has 5 nitrogen and oxygen atoms in total. The molecule has 0 aliphatic rings. The fraction of sp³-hybridized carbons (Fsp3) is 0.188. The summed E-state index contributed by atoms with van der Waals surface area (Å²) in [5.41, 5.74) is 4.74. The number of phenolic OH excluding ortho intramolecular Hbond substituents is 1. The summed E-state index contributed by atoms with van der Waals surface area (Å²) in [6.07, 6.45) is 1.83. The van der Waals surface area contributed by atoms with Gasteiger partial charge in [-0.05, 0) is 46.5 Å². The summed E-state index contributed by atoms with van der Waals surface area (Å²) in [6, 6.07) is 27.4. The number of aromatic nitrogens is 3. The van der Waals surface area contributed by atoms with Crippen molar-refractivity contribution in [2.24, 2.45) is 0 Å². The van der Waals surface area contributed by atoms with E-state index in [-0.39, 0.29) is 32.7 Å². The summed E-state index contributed by atoms with van der Waals surface area (Å²) in [6.45, 7) is 8.61. The van der Waals surface area contributed by atoms with Crippen LogP contribution in [0.2, 0.25) is 0 Å². The monoisotopic (exact) mass is 681 g/mol. The second-order valence-corrected chi connectivity index (χ2v) is 9.99. The minimum atomic E-state index is 0. The molecule has 0 saturated heterocycles. The first-order valence-corrected chi connectivity index (χ1v) is 12.6. The van der Waals surface area contributed by atoms with Crippen molar-refractivity contribution in [2.45, 2.75) is 39.5 Å². The Bertz CT molecular complexity index is 1790. The fourth-order valence-electron chi connectivity index (χ4n) is 5.08. The fourth-order valence-corrected chi connectivity index (χ4v) is 5.08. The standard InChI is InChI=1S/C32H28N3O2.Pt/c1-19(2)22-11-8-16-33-32(22)35-27-12-6-5-9-23(27)24-15-14-21(17-28(24)35)37-30-18-26(20(3)4)25-10-7-13-29(36)31(25)34-30;/h5-16,18-20,36H,1-4H3;/q-1;. The van der Waals surface area contributed by atoms with Crippen molar-refractivity contribution in [2.75, 3.05) is 0 Å². The molecular weight excluding hydrogens is 653 g/mol. The zero-order chi connectivity index (χ0) is 25.7.